The molecule has 1 nitrogen and oxygen atoms in total. The van der Waals surface area contributed by atoms with E-state index in [1.165, 1.54) is 0 Å². The Balaban J connectivity index is -0.0000000200. The molecule has 0 atom stereocenters. The van der Waals surface area contributed by atoms with Crippen LogP contribution in [0.4, 0.5) is 0 Å². The molecule has 22 valence electrons. The Morgan fingerprint density at radius 3 is 2.00 bits per heavy atom. The number of rotatable bonds is 0. The Bertz CT molecular complexity index is 11.6. The summed E-state index contributed by atoms with van der Waals surface area (Å²) in [5.74, 6) is 0. The van der Waals surface area contributed by atoms with Crippen molar-refractivity contribution in [2.75, 3.05) is 0 Å². The van der Waals surface area contributed by atoms with Gasteiger partial charge in [-0.05, 0) is 0 Å². The molecule has 1 N–H and O–H groups in total. The van der Waals surface area contributed by atoms with Gasteiger partial charge in [0.2, 0.25) is 0 Å². The van der Waals surface area contributed by atoms with Crippen LogP contribution in [0.3, 0.4) is 0 Å². The predicted molar refractivity (Wildman–Crippen MR) is 17.7 cm³/mol. The summed E-state index contributed by atoms with van der Waals surface area (Å²) >= 11 is 0. The van der Waals surface area contributed by atoms with Crippen molar-refractivity contribution < 1.29 is 35.8 Å². The second-order valence-corrected chi connectivity index (χ2v) is 0.949. The van der Waals surface area contributed by atoms with E-state index in [2.05, 4.69) is 0 Å². The fourth-order valence-corrected chi connectivity index (χ4v) is 0. The average molecular weight is 86.1 g/mol. The summed E-state index contributed by atoms with van der Waals surface area (Å²) in [5, 5.41) is 0. The number of hydrogen-bond donors (Lipinski definition) is 1. The first-order valence-corrected chi connectivity index (χ1v) is 3.07. The van der Waals surface area contributed by atoms with Crippen LogP contribution in [0.25, 0.3) is 0 Å². The van der Waals surface area contributed by atoms with Gasteiger partial charge < -0.3 is 6.22 Å². The molecular weight excluding hydrogens is 79.1 g/mol. The average Bonchev–Trinajstić information content (AvgIpc) is 0.918. The Kier molecular flexibility index (Phi) is 19.9. The summed E-state index contributed by atoms with van der Waals surface area (Å²) in [6.45, 7) is 1.82. The van der Waals surface area contributed by atoms with E-state index in [1.54, 1.807) is 0 Å². The van der Waals surface area contributed by atoms with Gasteiger partial charge in [0.05, 0.1) is 0 Å². The predicted octanol–water partition coefficient (Wildman–Crippen LogP) is -3.77. The van der Waals surface area contributed by atoms with Crippen LogP contribution in [0, 0.1) is 0 Å². The van der Waals surface area contributed by atoms with Crippen LogP contribution in [0.15, 0.2) is 0 Å². The normalized spacial score (nSPS) is 7.50. The first-order valence-electron chi connectivity index (χ1n) is 1.02. The Morgan fingerprint density at radius 1 is 2.00 bits per heavy atom. The molecule has 0 saturated carbocycles. The van der Waals surface area contributed by atoms with E-state index in [4.69, 9.17) is 4.80 Å². The molecule has 0 fully saturated rings. The molecule has 0 radical (unpaired) electrons. The van der Waals surface area contributed by atoms with Gasteiger partial charge >= 0.3 is 29.6 Å². The summed E-state index contributed by atoms with van der Waals surface area (Å²) in [4.78, 5) is 7.71. The van der Waals surface area contributed by atoms with Gasteiger partial charge in [-0.25, -0.2) is 0 Å². The van der Waals surface area contributed by atoms with Gasteiger partial charge in [0, 0.05) is 0 Å². The molecule has 0 spiro atoms. The molecule has 0 amide bonds. The maximum absolute atomic E-state index is 7.71. The molecule has 0 saturated heterocycles. The Hall–Kier alpha value is 1.18. The second-order valence-electron chi connectivity index (χ2n) is 0.316. The van der Waals surface area contributed by atoms with Crippen LogP contribution in [0.5, 0.6) is 0 Å². The zero-order valence-electron chi connectivity index (χ0n) is 4.15. The van der Waals surface area contributed by atoms with E-state index in [-0.39, 0.29) is 31.0 Å². The van der Waals surface area contributed by atoms with Gasteiger partial charge in [-0.2, -0.15) is 0 Å². The van der Waals surface area contributed by atoms with Gasteiger partial charge in [-0.3, -0.25) is 0 Å². The van der Waals surface area contributed by atoms with Crippen LogP contribution in [0.1, 0.15) is 1.43 Å². The fourth-order valence-electron chi connectivity index (χ4n) is 0. The molecule has 0 aliphatic rings. The van der Waals surface area contributed by atoms with E-state index in [9.17, 15) is 0 Å². The zero-order chi connectivity index (χ0) is 2.71. The Morgan fingerprint density at radius 2 is 2.00 bits per heavy atom. The maximum Gasteiger partial charge on any atom is 1.00 e. The molecule has 0 rings (SSSR count). The van der Waals surface area contributed by atoms with Crippen molar-refractivity contribution in [2.24, 2.45) is 0 Å². The van der Waals surface area contributed by atoms with E-state index < -0.39 is 9.76 Å². The summed E-state index contributed by atoms with van der Waals surface area (Å²) in [7, 11) is -0.583. The number of hydrogen-bond acceptors (Lipinski definition) is 1. The smallest absolute Gasteiger partial charge is 1.00 e. The zero-order valence-corrected chi connectivity index (χ0v) is 6.57. The monoisotopic (exact) mass is 86.0 g/mol. The largest absolute Gasteiger partial charge is 1.00 e. The molecule has 3 heteroatoms. The topological polar surface area (TPSA) is 20.2 Å². The maximum atomic E-state index is 7.71. The van der Waals surface area contributed by atoms with E-state index >= 15 is 0 Å². The summed E-state index contributed by atoms with van der Waals surface area (Å²) in [5.41, 5.74) is 0. The minimum atomic E-state index is -0.583. The molecule has 0 aromatic carbocycles. The molecule has 0 heterocycles. The summed E-state index contributed by atoms with van der Waals surface area (Å²) < 4.78 is 0. The van der Waals surface area contributed by atoms with Crippen LogP contribution < -0.4 is 29.6 Å². The first kappa shape index (κ1) is 8.95. The molecule has 0 aromatic rings. The molecule has 0 bridgehead atoms. The van der Waals surface area contributed by atoms with Crippen molar-refractivity contribution in [3.05, 3.63) is 0 Å². The van der Waals surface area contributed by atoms with E-state index in [1.807, 2.05) is 6.55 Å². The van der Waals surface area contributed by atoms with Crippen molar-refractivity contribution >= 4 is 9.76 Å². The van der Waals surface area contributed by atoms with Gasteiger partial charge in [0.15, 0.2) is 9.76 Å². The third kappa shape index (κ3) is 10.9. The molecule has 0 aromatic heterocycles. The van der Waals surface area contributed by atoms with E-state index in [0.717, 1.165) is 0 Å². The molecule has 0 unspecified atom stereocenters. The summed E-state index contributed by atoms with van der Waals surface area (Å²) in [6.07, 6.45) is 0. The minimum Gasteiger partial charge on any atom is -1.00 e. The van der Waals surface area contributed by atoms with Crippen molar-refractivity contribution in [3.8, 4) is 0 Å². The third-order valence-electron chi connectivity index (χ3n) is 0. The van der Waals surface area contributed by atoms with Crippen molar-refractivity contribution in [1.29, 1.82) is 0 Å². The van der Waals surface area contributed by atoms with Crippen molar-refractivity contribution in [2.45, 2.75) is 6.55 Å². The van der Waals surface area contributed by atoms with Crippen molar-refractivity contribution in [3.63, 3.8) is 0 Å². The Labute approximate surface area is 52.1 Å². The van der Waals surface area contributed by atoms with E-state index in [0.29, 0.717) is 0 Å². The fraction of sp³-hybridized carbons (Fsp3) is 1.00. The van der Waals surface area contributed by atoms with Crippen LogP contribution in [-0.4, -0.2) is 14.6 Å². The van der Waals surface area contributed by atoms with Gasteiger partial charge in [0.1, 0.15) is 0 Å². The molecule has 0 aliphatic carbocycles. The van der Waals surface area contributed by atoms with Crippen LogP contribution >= 0.6 is 0 Å². The van der Waals surface area contributed by atoms with Crippen LogP contribution in [-0.2, 0) is 0 Å². The molecular formula is CH7NaOSi. The standard InChI is InChI=1S/CH6OSi.Na.H/c1-3-2;;/h2H,3H2,1H3;;/q;+1;-1. The summed E-state index contributed by atoms with van der Waals surface area (Å²) in [6, 6.07) is 0. The minimum absolute atomic E-state index is 0. The second kappa shape index (κ2) is 8.90. The third-order valence-corrected chi connectivity index (χ3v) is 0. The van der Waals surface area contributed by atoms with Gasteiger partial charge in [-0.1, -0.05) is 6.55 Å². The molecule has 0 aliphatic heterocycles. The van der Waals surface area contributed by atoms with Gasteiger partial charge in [-0.15, -0.1) is 0 Å². The van der Waals surface area contributed by atoms with Crippen molar-refractivity contribution in [1.82, 2.24) is 0 Å². The SMILES string of the molecule is C[SiH2]O.[H-].[Na+]. The molecule has 4 heavy (non-hydrogen) atoms. The quantitative estimate of drug-likeness (QED) is 0.300. The van der Waals surface area contributed by atoms with Crippen LogP contribution in [0.2, 0.25) is 6.55 Å². The first-order chi connectivity index (χ1) is 1.41. The van der Waals surface area contributed by atoms with Gasteiger partial charge in [0.25, 0.3) is 0 Å².